The van der Waals surface area contributed by atoms with Crippen molar-refractivity contribution in [2.24, 2.45) is 0 Å². The molecule has 0 aliphatic heterocycles. The minimum absolute atomic E-state index is 0.0348. The Kier molecular flexibility index (Phi) is 9.71. The Bertz CT molecular complexity index is 1120. The summed E-state index contributed by atoms with van der Waals surface area (Å²) in [5.74, 6) is 0.198. The molecule has 1 atom stereocenters. The fourth-order valence-electron chi connectivity index (χ4n) is 3.91. The van der Waals surface area contributed by atoms with Gasteiger partial charge in [0, 0.05) is 24.0 Å². The van der Waals surface area contributed by atoms with E-state index in [-0.39, 0.29) is 23.8 Å². The molecular weight excluding hydrogens is 516 g/mol. The summed E-state index contributed by atoms with van der Waals surface area (Å²) in [5.41, 5.74) is 3.15. The molecule has 3 rings (SSSR count). The Labute approximate surface area is 223 Å². The molecule has 0 aliphatic carbocycles. The Balaban J connectivity index is 1.85. The van der Waals surface area contributed by atoms with Gasteiger partial charge in [-0.05, 0) is 53.3 Å². The lowest BCUT2D eigenvalue weighted by Gasteiger charge is -2.31. The first kappa shape index (κ1) is 27.5. The number of likely N-dealkylation sites (N-methyl/N-ethyl adjacent to an activating group) is 1. The predicted molar refractivity (Wildman–Crippen MR) is 148 cm³/mol. The van der Waals surface area contributed by atoms with Crippen molar-refractivity contribution in [2.75, 3.05) is 13.2 Å². The molecule has 0 saturated carbocycles. The molecule has 0 spiro atoms. The van der Waals surface area contributed by atoms with E-state index in [1.165, 1.54) is 5.56 Å². The van der Waals surface area contributed by atoms with Gasteiger partial charge >= 0.3 is 0 Å². The summed E-state index contributed by atoms with van der Waals surface area (Å²) >= 11 is 3.46. The normalized spacial score (nSPS) is 12.0. The van der Waals surface area contributed by atoms with Crippen LogP contribution in [0.15, 0.2) is 83.3 Å². The molecule has 0 radical (unpaired) electrons. The number of carbonyl (C=O) groups is 2. The second-order valence-corrected chi connectivity index (χ2v) is 10.7. The van der Waals surface area contributed by atoms with E-state index < -0.39 is 6.04 Å². The number of hydrogen-bond acceptors (Lipinski definition) is 3. The molecule has 6 heteroatoms. The van der Waals surface area contributed by atoms with E-state index in [1.807, 2.05) is 85.8 Å². The van der Waals surface area contributed by atoms with E-state index in [0.717, 1.165) is 15.6 Å². The standard InChI is InChI=1S/C30H35BrN2O3/c1-5-32-29(35)27(19-22-9-7-6-8-10-22)33(20-23-11-15-25(31)16-12-23)28(34)21-36-26-17-13-24(14-18-26)30(2,3)4/h6-18,27H,5,19-21H2,1-4H3,(H,32,35)/t27-/m0/s1. The fourth-order valence-corrected chi connectivity index (χ4v) is 4.18. The first-order valence-corrected chi connectivity index (χ1v) is 13.1. The fraction of sp³-hybridized carbons (Fsp3) is 0.333. The minimum atomic E-state index is -0.671. The van der Waals surface area contributed by atoms with E-state index in [4.69, 9.17) is 4.74 Å². The molecule has 0 unspecified atom stereocenters. The zero-order valence-corrected chi connectivity index (χ0v) is 23.0. The average Bonchev–Trinajstić information content (AvgIpc) is 2.86. The lowest BCUT2D eigenvalue weighted by molar-refractivity contribution is -0.142. The van der Waals surface area contributed by atoms with Crippen LogP contribution in [0.4, 0.5) is 0 Å². The van der Waals surface area contributed by atoms with Gasteiger partial charge in [0.2, 0.25) is 5.91 Å². The summed E-state index contributed by atoms with van der Waals surface area (Å²) in [4.78, 5) is 28.4. The van der Waals surface area contributed by atoms with E-state index in [1.54, 1.807) is 4.90 Å². The molecule has 0 aromatic heterocycles. The van der Waals surface area contributed by atoms with Crippen LogP contribution in [0.1, 0.15) is 44.4 Å². The van der Waals surface area contributed by atoms with Crippen LogP contribution < -0.4 is 10.1 Å². The van der Waals surface area contributed by atoms with Crippen LogP contribution in [0, 0.1) is 0 Å². The number of nitrogens with one attached hydrogen (secondary N) is 1. The van der Waals surface area contributed by atoms with Crippen molar-refractivity contribution in [3.05, 3.63) is 100 Å². The maximum absolute atomic E-state index is 13.6. The van der Waals surface area contributed by atoms with Crippen LogP contribution in [-0.2, 0) is 28.0 Å². The molecule has 3 aromatic rings. The maximum atomic E-state index is 13.6. The number of hydrogen-bond donors (Lipinski definition) is 1. The van der Waals surface area contributed by atoms with E-state index in [2.05, 4.69) is 42.0 Å². The van der Waals surface area contributed by atoms with Gasteiger partial charge in [0.05, 0.1) is 0 Å². The predicted octanol–water partition coefficient (Wildman–Crippen LogP) is 5.90. The summed E-state index contributed by atoms with van der Waals surface area (Å²) in [5, 5.41) is 2.91. The molecule has 5 nitrogen and oxygen atoms in total. The van der Waals surface area contributed by atoms with Crippen molar-refractivity contribution in [3.8, 4) is 5.75 Å². The van der Waals surface area contributed by atoms with Crippen LogP contribution >= 0.6 is 15.9 Å². The number of rotatable bonds is 10. The summed E-state index contributed by atoms with van der Waals surface area (Å²) < 4.78 is 6.84. The zero-order chi connectivity index (χ0) is 26.1. The smallest absolute Gasteiger partial charge is 0.261 e. The van der Waals surface area contributed by atoms with E-state index in [0.29, 0.717) is 25.3 Å². The third-order valence-electron chi connectivity index (χ3n) is 5.97. The van der Waals surface area contributed by atoms with E-state index in [9.17, 15) is 9.59 Å². The molecular formula is C30H35BrN2O3. The van der Waals surface area contributed by atoms with Crippen molar-refractivity contribution in [1.29, 1.82) is 0 Å². The SMILES string of the molecule is CCNC(=O)[C@H](Cc1ccccc1)N(Cc1ccc(Br)cc1)C(=O)COc1ccc(C(C)(C)C)cc1. The average molecular weight is 552 g/mol. The van der Waals surface area contributed by atoms with Crippen molar-refractivity contribution in [1.82, 2.24) is 10.2 Å². The maximum Gasteiger partial charge on any atom is 0.261 e. The zero-order valence-electron chi connectivity index (χ0n) is 21.5. The van der Waals surface area contributed by atoms with Gasteiger partial charge in [-0.1, -0.05) is 91.3 Å². The molecule has 0 bridgehead atoms. The molecule has 3 aromatic carbocycles. The van der Waals surface area contributed by atoms with Crippen molar-refractivity contribution >= 4 is 27.7 Å². The van der Waals surface area contributed by atoms with Crippen molar-refractivity contribution < 1.29 is 14.3 Å². The molecule has 1 N–H and O–H groups in total. The Hall–Kier alpha value is -3.12. The summed E-state index contributed by atoms with van der Waals surface area (Å²) in [6, 6.07) is 24.7. The van der Waals surface area contributed by atoms with Gasteiger partial charge in [-0.2, -0.15) is 0 Å². The van der Waals surface area contributed by atoms with Crippen molar-refractivity contribution in [3.63, 3.8) is 0 Å². The van der Waals surface area contributed by atoms with Gasteiger partial charge < -0.3 is 15.0 Å². The number of halogens is 1. The van der Waals surface area contributed by atoms with Crippen LogP contribution in [0.5, 0.6) is 5.75 Å². The lowest BCUT2D eigenvalue weighted by Crippen LogP contribution is -2.51. The highest BCUT2D eigenvalue weighted by Gasteiger charge is 2.30. The molecule has 190 valence electrons. The van der Waals surface area contributed by atoms with Crippen LogP contribution in [0.2, 0.25) is 0 Å². The van der Waals surface area contributed by atoms with Gasteiger partial charge in [0.1, 0.15) is 11.8 Å². The summed E-state index contributed by atoms with van der Waals surface area (Å²) in [6.07, 6.45) is 0.412. The summed E-state index contributed by atoms with van der Waals surface area (Å²) in [6.45, 7) is 8.97. The molecule has 0 saturated heterocycles. The van der Waals surface area contributed by atoms with Gasteiger partial charge in [-0.15, -0.1) is 0 Å². The number of carbonyl (C=O) groups excluding carboxylic acids is 2. The van der Waals surface area contributed by atoms with Gasteiger partial charge in [-0.25, -0.2) is 0 Å². The summed E-state index contributed by atoms with van der Waals surface area (Å²) in [7, 11) is 0. The highest BCUT2D eigenvalue weighted by Crippen LogP contribution is 2.24. The monoisotopic (exact) mass is 550 g/mol. The Morgan fingerprint density at radius 3 is 2.14 bits per heavy atom. The van der Waals surface area contributed by atoms with Crippen LogP contribution in [0.25, 0.3) is 0 Å². The van der Waals surface area contributed by atoms with Crippen LogP contribution in [-0.4, -0.2) is 35.9 Å². The second-order valence-electron chi connectivity index (χ2n) is 9.81. The highest BCUT2D eigenvalue weighted by atomic mass is 79.9. The minimum Gasteiger partial charge on any atom is -0.484 e. The first-order chi connectivity index (χ1) is 17.2. The third kappa shape index (κ3) is 7.95. The third-order valence-corrected chi connectivity index (χ3v) is 6.50. The molecule has 0 heterocycles. The topological polar surface area (TPSA) is 58.6 Å². The van der Waals surface area contributed by atoms with Gasteiger partial charge in [0.25, 0.3) is 5.91 Å². The van der Waals surface area contributed by atoms with Gasteiger partial charge in [0.15, 0.2) is 6.61 Å². The molecule has 36 heavy (non-hydrogen) atoms. The number of ether oxygens (including phenoxy) is 1. The molecule has 0 fully saturated rings. The highest BCUT2D eigenvalue weighted by molar-refractivity contribution is 9.10. The largest absolute Gasteiger partial charge is 0.484 e. The lowest BCUT2D eigenvalue weighted by atomic mass is 9.87. The van der Waals surface area contributed by atoms with Gasteiger partial charge in [-0.3, -0.25) is 9.59 Å². The second kappa shape index (κ2) is 12.7. The van der Waals surface area contributed by atoms with Crippen LogP contribution in [0.3, 0.4) is 0 Å². The number of amides is 2. The molecule has 2 amide bonds. The quantitative estimate of drug-likeness (QED) is 0.341. The van der Waals surface area contributed by atoms with Crippen molar-refractivity contribution in [2.45, 2.75) is 52.1 Å². The first-order valence-electron chi connectivity index (χ1n) is 12.3. The molecule has 0 aliphatic rings. The number of benzene rings is 3. The van der Waals surface area contributed by atoms with E-state index >= 15 is 0 Å². The number of nitrogens with zero attached hydrogens (tertiary/aromatic N) is 1. The Morgan fingerprint density at radius 2 is 1.56 bits per heavy atom. The Morgan fingerprint density at radius 1 is 0.917 bits per heavy atom.